The van der Waals surface area contributed by atoms with Crippen molar-refractivity contribution in [3.63, 3.8) is 0 Å². The smallest absolute Gasteiger partial charge is 0.176 e. The molecule has 3 rings (SSSR count). The molecule has 6 heteroatoms. The van der Waals surface area contributed by atoms with Crippen LogP contribution in [0.5, 0.6) is 11.5 Å². The molecule has 0 aliphatic carbocycles. The number of pyridine rings is 1. The van der Waals surface area contributed by atoms with E-state index in [9.17, 15) is 5.26 Å². The van der Waals surface area contributed by atoms with Gasteiger partial charge in [-0.15, -0.1) is 0 Å². The summed E-state index contributed by atoms with van der Waals surface area (Å²) in [5.41, 5.74) is 1.23. The molecule has 0 unspecified atom stereocenters. The molecule has 0 N–H and O–H groups in total. The van der Waals surface area contributed by atoms with Crippen LogP contribution in [0, 0.1) is 22.7 Å². The molecule has 0 amide bonds. The largest absolute Gasteiger partial charge is 0.455 e. The molecule has 0 aliphatic rings. The zero-order valence-corrected chi connectivity index (χ0v) is 12.0. The highest BCUT2D eigenvalue weighted by Crippen LogP contribution is 2.25. The normalized spacial score (nSPS) is 9.83. The average Bonchev–Trinajstić information content (AvgIpc) is 2.99. The molecule has 0 saturated carbocycles. The summed E-state index contributed by atoms with van der Waals surface area (Å²) < 4.78 is 7.47. The topological polar surface area (TPSA) is 87.5 Å². The number of benzene rings is 1. The van der Waals surface area contributed by atoms with Crippen molar-refractivity contribution in [2.24, 2.45) is 0 Å². The maximum absolute atomic E-state index is 9.20. The van der Waals surface area contributed by atoms with Gasteiger partial charge < -0.3 is 9.30 Å². The Kier molecular flexibility index (Phi) is 3.99. The van der Waals surface area contributed by atoms with E-state index in [2.05, 4.69) is 9.97 Å². The van der Waals surface area contributed by atoms with Crippen LogP contribution in [0.2, 0.25) is 0 Å². The Labute approximate surface area is 132 Å². The maximum atomic E-state index is 9.20. The van der Waals surface area contributed by atoms with Gasteiger partial charge in [-0.05, 0) is 18.2 Å². The van der Waals surface area contributed by atoms with E-state index in [1.807, 2.05) is 42.5 Å². The first-order chi connectivity index (χ1) is 11.3. The van der Waals surface area contributed by atoms with Crippen LogP contribution in [0.1, 0.15) is 17.0 Å². The van der Waals surface area contributed by atoms with Gasteiger partial charge in [0, 0.05) is 11.8 Å². The summed E-state index contributed by atoms with van der Waals surface area (Å²) in [4.78, 5) is 7.96. The van der Waals surface area contributed by atoms with Crippen molar-refractivity contribution in [2.45, 2.75) is 6.54 Å². The minimum Gasteiger partial charge on any atom is -0.455 e. The molecule has 0 atom stereocenters. The fourth-order valence-corrected chi connectivity index (χ4v) is 2.15. The van der Waals surface area contributed by atoms with Crippen LogP contribution in [0.15, 0.2) is 55.1 Å². The number of para-hydroxylation sites is 1. The van der Waals surface area contributed by atoms with E-state index >= 15 is 0 Å². The number of aromatic nitrogens is 3. The fraction of sp³-hybridized carbons (Fsp3) is 0.0588. The van der Waals surface area contributed by atoms with Crippen molar-refractivity contribution in [3.8, 4) is 23.6 Å². The highest BCUT2D eigenvalue weighted by Gasteiger charge is 2.12. The Morgan fingerprint density at radius 2 is 1.96 bits per heavy atom. The average molecular weight is 301 g/mol. The molecule has 23 heavy (non-hydrogen) atoms. The minimum absolute atomic E-state index is 0.123. The van der Waals surface area contributed by atoms with Gasteiger partial charge in [0.25, 0.3) is 0 Å². The van der Waals surface area contributed by atoms with Gasteiger partial charge in [0.05, 0.1) is 19.1 Å². The molecule has 0 saturated heterocycles. The molecule has 6 nitrogen and oxygen atoms in total. The molecule has 2 heterocycles. The van der Waals surface area contributed by atoms with Crippen LogP contribution >= 0.6 is 0 Å². The Morgan fingerprint density at radius 1 is 1.09 bits per heavy atom. The lowest BCUT2D eigenvalue weighted by Gasteiger charge is -2.11. The van der Waals surface area contributed by atoms with E-state index in [1.165, 1.54) is 6.33 Å². The molecule has 2 aromatic heterocycles. The van der Waals surface area contributed by atoms with Crippen molar-refractivity contribution in [2.75, 3.05) is 0 Å². The zero-order valence-electron chi connectivity index (χ0n) is 12.0. The second-order valence-corrected chi connectivity index (χ2v) is 4.69. The van der Waals surface area contributed by atoms with E-state index in [1.54, 1.807) is 23.0 Å². The summed E-state index contributed by atoms with van der Waals surface area (Å²) in [6.07, 6.45) is 4.79. The fourth-order valence-electron chi connectivity index (χ4n) is 2.15. The summed E-state index contributed by atoms with van der Waals surface area (Å²) in [5, 5.41) is 18.2. The molecule has 110 valence electrons. The molecule has 3 aromatic rings. The first-order valence-corrected chi connectivity index (χ1v) is 6.83. The minimum atomic E-state index is 0.123. The molecular weight excluding hydrogens is 290 g/mol. The first-order valence-electron chi connectivity index (χ1n) is 6.83. The number of hydrogen-bond acceptors (Lipinski definition) is 5. The third-order valence-corrected chi connectivity index (χ3v) is 3.23. The summed E-state index contributed by atoms with van der Waals surface area (Å²) in [6, 6.07) is 15.0. The number of nitriles is 2. The van der Waals surface area contributed by atoms with Gasteiger partial charge in [-0.2, -0.15) is 10.5 Å². The SMILES string of the molecule is N#Cc1ncn(Cc2ccccc2Oc2cccnc2)c1C#N. The molecular formula is C17H11N5O. The van der Waals surface area contributed by atoms with Crippen molar-refractivity contribution in [1.82, 2.24) is 14.5 Å². The van der Waals surface area contributed by atoms with E-state index in [-0.39, 0.29) is 11.4 Å². The number of hydrogen-bond donors (Lipinski definition) is 0. The number of imidazole rings is 1. The molecule has 0 bridgehead atoms. The molecule has 0 radical (unpaired) electrons. The maximum Gasteiger partial charge on any atom is 0.176 e. The third kappa shape index (κ3) is 3.02. The zero-order chi connectivity index (χ0) is 16.1. The summed E-state index contributed by atoms with van der Waals surface area (Å²) in [6.45, 7) is 0.383. The van der Waals surface area contributed by atoms with E-state index in [0.717, 1.165) is 5.56 Å². The summed E-state index contributed by atoms with van der Waals surface area (Å²) in [7, 11) is 0. The van der Waals surface area contributed by atoms with Crippen LogP contribution < -0.4 is 4.74 Å². The standard InChI is InChI=1S/C17H11N5O/c18-8-15-16(9-19)22(12-21-15)11-13-4-1-2-6-17(13)23-14-5-3-7-20-10-14/h1-7,10,12H,11H2. The van der Waals surface area contributed by atoms with Crippen LogP contribution in [0.25, 0.3) is 0 Å². The molecule has 1 aromatic carbocycles. The lowest BCUT2D eigenvalue weighted by atomic mass is 10.2. The molecule has 0 aliphatic heterocycles. The Morgan fingerprint density at radius 3 is 2.70 bits per heavy atom. The predicted molar refractivity (Wildman–Crippen MR) is 81.5 cm³/mol. The van der Waals surface area contributed by atoms with Gasteiger partial charge in [0.1, 0.15) is 23.6 Å². The number of nitrogens with zero attached hydrogens (tertiary/aromatic N) is 5. The van der Waals surface area contributed by atoms with Crippen LogP contribution in [0.3, 0.4) is 0 Å². The van der Waals surface area contributed by atoms with Crippen LogP contribution in [-0.2, 0) is 6.54 Å². The van der Waals surface area contributed by atoms with Gasteiger partial charge >= 0.3 is 0 Å². The van der Waals surface area contributed by atoms with Crippen molar-refractivity contribution in [1.29, 1.82) is 10.5 Å². The second kappa shape index (κ2) is 6.42. The van der Waals surface area contributed by atoms with Gasteiger partial charge in [0.15, 0.2) is 11.4 Å². The summed E-state index contributed by atoms with van der Waals surface area (Å²) in [5.74, 6) is 1.29. The highest BCUT2D eigenvalue weighted by atomic mass is 16.5. The molecule has 0 fully saturated rings. The van der Waals surface area contributed by atoms with Gasteiger partial charge in [-0.25, -0.2) is 4.98 Å². The lowest BCUT2D eigenvalue weighted by Crippen LogP contribution is -2.03. The number of rotatable bonds is 4. The third-order valence-electron chi connectivity index (χ3n) is 3.23. The van der Waals surface area contributed by atoms with Crippen molar-refractivity contribution < 1.29 is 4.74 Å². The van der Waals surface area contributed by atoms with Gasteiger partial charge in [-0.3, -0.25) is 4.98 Å². The predicted octanol–water partition coefficient (Wildman–Crippen LogP) is 2.86. The van der Waals surface area contributed by atoms with Crippen LogP contribution in [0.4, 0.5) is 0 Å². The lowest BCUT2D eigenvalue weighted by molar-refractivity contribution is 0.471. The Balaban J connectivity index is 1.92. The van der Waals surface area contributed by atoms with Gasteiger partial charge in [-0.1, -0.05) is 18.2 Å². The van der Waals surface area contributed by atoms with E-state index < -0.39 is 0 Å². The number of ether oxygens (including phenoxy) is 1. The van der Waals surface area contributed by atoms with E-state index in [0.29, 0.717) is 18.0 Å². The monoisotopic (exact) mass is 301 g/mol. The van der Waals surface area contributed by atoms with E-state index in [4.69, 9.17) is 10.00 Å². The quantitative estimate of drug-likeness (QED) is 0.739. The first kappa shape index (κ1) is 14.3. The van der Waals surface area contributed by atoms with Crippen LogP contribution in [-0.4, -0.2) is 14.5 Å². The molecule has 0 spiro atoms. The second-order valence-electron chi connectivity index (χ2n) is 4.69. The Hall–Kier alpha value is -3.64. The summed E-state index contributed by atoms with van der Waals surface area (Å²) >= 11 is 0. The van der Waals surface area contributed by atoms with Gasteiger partial charge in [0.2, 0.25) is 0 Å². The highest BCUT2D eigenvalue weighted by molar-refractivity contribution is 5.40. The van der Waals surface area contributed by atoms with Crippen molar-refractivity contribution in [3.05, 3.63) is 72.1 Å². The van der Waals surface area contributed by atoms with Crippen molar-refractivity contribution >= 4 is 0 Å². The Bertz CT molecular complexity index is 903.